The van der Waals surface area contributed by atoms with Crippen LogP contribution in [-0.4, -0.2) is 12.2 Å². The highest BCUT2D eigenvalue weighted by Crippen LogP contribution is 2.39. The summed E-state index contributed by atoms with van der Waals surface area (Å²) in [7, 11) is 0. The number of hydrogen-bond donors (Lipinski definition) is 0. The number of carbonyl (C=O) groups is 1. The van der Waals surface area contributed by atoms with Crippen molar-refractivity contribution in [3.63, 3.8) is 0 Å². The second-order valence-corrected chi connectivity index (χ2v) is 7.94. The van der Waals surface area contributed by atoms with Crippen LogP contribution in [-0.2, 0) is 12.8 Å². The smallest absolute Gasteiger partial charge is 0.145 e. The van der Waals surface area contributed by atoms with Crippen LogP contribution < -0.4 is 5.11 Å². The van der Waals surface area contributed by atoms with Gasteiger partial charge in [0, 0.05) is 16.0 Å². The van der Waals surface area contributed by atoms with Gasteiger partial charge in [0.25, 0.3) is 0 Å². The minimum absolute atomic E-state index is 0.0653. The highest BCUT2D eigenvalue weighted by atomic mass is 35.5. The summed E-state index contributed by atoms with van der Waals surface area (Å²) in [6.45, 7) is 0. The number of hydrogen-bond acceptors (Lipinski definition) is 6. The first-order valence-corrected chi connectivity index (χ1v) is 9.96. The van der Waals surface area contributed by atoms with E-state index in [0.717, 1.165) is 31.2 Å². The number of carbonyl (C=O) groups excluding carboxylic acids is 1. The Bertz CT molecular complexity index is 1140. The van der Waals surface area contributed by atoms with E-state index in [1.54, 1.807) is 35.8 Å². The van der Waals surface area contributed by atoms with Gasteiger partial charge in [0.2, 0.25) is 0 Å². The Balaban J connectivity index is 1.59. The van der Waals surface area contributed by atoms with Crippen molar-refractivity contribution in [1.29, 1.82) is 5.26 Å². The third-order valence-electron chi connectivity index (χ3n) is 4.67. The number of aliphatic imine (C=N–C) groups is 1. The third-order valence-corrected chi connectivity index (χ3v) is 6.19. The number of thiophene rings is 1. The van der Waals surface area contributed by atoms with Crippen LogP contribution in [0.25, 0.3) is 11.3 Å². The molecule has 0 amide bonds. The minimum Gasteiger partial charge on any atom is -0.545 e. The Labute approximate surface area is 170 Å². The van der Waals surface area contributed by atoms with E-state index in [-0.39, 0.29) is 10.6 Å². The maximum atomic E-state index is 11.0. The number of carboxylic acids is 1. The number of nitriles is 1. The molecule has 0 fully saturated rings. The first-order chi connectivity index (χ1) is 13.6. The zero-order valence-electron chi connectivity index (χ0n) is 14.7. The van der Waals surface area contributed by atoms with Crippen LogP contribution in [0.15, 0.2) is 39.7 Å². The Morgan fingerprint density at radius 3 is 2.86 bits per heavy atom. The lowest BCUT2D eigenvalue weighted by molar-refractivity contribution is -0.255. The molecule has 0 radical (unpaired) electrons. The molecule has 0 bridgehead atoms. The highest BCUT2D eigenvalue weighted by molar-refractivity contribution is 7.16. The SMILES string of the molecule is N#Cc1c(N=Cc2ccc(-c3ccc(C(=O)[O-])c(Cl)c3)o2)sc2c1CCCC2. The van der Waals surface area contributed by atoms with Gasteiger partial charge in [-0.05, 0) is 49.4 Å². The molecule has 0 spiro atoms. The van der Waals surface area contributed by atoms with E-state index in [0.29, 0.717) is 27.6 Å². The average Bonchev–Trinajstić information content (AvgIpc) is 3.30. The molecule has 2 heterocycles. The lowest BCUT2D eigenvalue weighted by Gasteiger charge is -2.09. The number of halogens is 1. The molecule has 2 aromatic heterocycles. The molecule has 1 aliphatic carbocycles. The summed E-state index contributed by atoms with van der Waals surface area (Å²) in [5.74, 6) is -0.250. The Morgan fingerprint density at radius 2 is 2.11 bits per heavy atom. The Hall–Kier alpha value is -2.88. The molecule has 1 aliphatic rings. The molecule has 28 heavy (non-hydrogen) atoms. The number of carboxylic acid groups (broad SMARTS) is 1. The van der Waals surface area contributed by atoms with E-state index in [4.69, 9.17) is 16.0 Å². The lowest BCUT2D eigenvalue weighted by atomic mass is 9.96. The fourth-order valence-electron chi connectivity index (χ4n) is 3.29. The molecule has 0 N–H and O–H groups in total. The van der Waals surface area contributed by atoms with Gasteiger partial charge in [-0.3, -0.25) is 0 Å². The molecule has 0 unspecified atom stereocenters. The lowest BCUT2D eigenvalue weighted by Crippen LogP contribution is -2.22. The van der Waals surface area contributed by atoms with Crippen molar-refractivity contribution in [1.82, 2.24) is 0 Å². The van der Waals surface area contributed by atoms with Crippen molar-refractivity contribution in [2.24, 2.45) is 4.99 Å². The second-order valence-electron chi connectivity index (χ2n) is 6.45. The summed E-state index contributed by atoms with van der Waals surface area (Å²) < 4.78 is 5.77. The summed E-state index contributed by atoms with van der Waals surface area (Å²) in [6, 6.07) is 10.3. The standard InChI is InChI=1S/C21H15ClN2O3S/c22-17-9-12(5-7-15(17)21(25)26)18-8-6-13(27-18)11-24-20-16(10-23)14-3-1-2-4-19(14)28-20/h5-9,11H,1-4H2,(H,25,26)/p-1. The van der Waals surface area contributed by atoms with Gasteiger partial charge in [0.15, 0.2) is 0 Å². The fourth-order valence-corrected chi connectivity index (χ4v) is 4.73. The van der Waals surface area contributed by atoms with Gasteiger partial charge in [0.05, 0.1) is 22.8 Å². The molecule has 0 saturated heterocycles. The topological polar surface area (TPSA) is 89.4 Å². The second kappa shape index (κ2) is 7.63. The predicted octanol–water partition coefficient (Wildman–Crippen LogP) is 4.53. The maximum Gasteiger partial charge on any atom is 0.145 e. The highest BCUT2D eigenvalue weighted by Gasteiger charge is 2.20. The van der Waals surface area contributed by atoms with Crippen LogP contribution in [0.4, 0.5) is 5.00 Å². The van der Waals surface area contributed by atoms with E-state index in [1.165, 1.54) is 17.0 Å². The normalized spacial score (nSPS) is 13.4. The summed E-state index contributed by atoms with van der Waals surface area (Å²) in [6.07, 6.45) is 5.82. The number of fused-ring (bicyclic) bond motifs is 1. The van der Waals surface area contributed by atoms with Crippen LogP contribution in [0, 0.1) is 11.3 Å². The van der Waals surface area contributed by atoms with Gasteiger partial charge in [-0.15, -0.1) is 11.3 Å². The largest absolute Gasteiger partial charge is 0.545 e. The van der Waals surface area contributed by atoms with Gasteiger partial charge in [-0.2, -0.15) is 5.26 Å². The Kier molecular flexibility index (Phi) is 5.03. The van der Waals surface area contributed by atoms with Crippen LogP contribution in [0.3, 0.4) is 0 Å². The third kappa shape index (κ3) is 3.47. The van der Waals surface area contributed by atoms with E-state index in [1.807, 2.05) is 0 Å². The summed E-state index contributed by atoms with van der Waals surface area (Å²) in [4.78, 5) is 16.7. The molecule has 0 aliphatic heterocycles. The zero-order chi connectivity index (χ0) is 19.7. The molecular weight excluding hydrogens is 396 g/mol. The molecular formula is C21H14ClN2O3S-. The number of aromatic carboxylic acids is 1. The van der Waals surface area contributed by atoms with E-state index in [9.17, 15) is 15.2 Å². The monoisotopic (exact) mass is 409 g/mol. The van der Waals surface area contributed by atoms with Gasteiger partial charge in [-0.25, -0.2) is 4.99 Å². The van der Waals surface area contributed by atoms with Gasteiger partial charge < -0.3 is 14.3 Å². The fraction of sp³-hybridized carbons (Fsp3) is 0.190. The first kappa shape index (κ1) is 18.5. The Morgan fingerprint density at radius 1 is 1.29 bits per heavy atom. The maximum absolute atomic E-state index is 11.0. The van der Waals surface area contributed by atoms with Crippen molar-refractivity contribution in [3.05, 3.63) is 62.7 Å². The van der Waals surface area contributed by atoms with Crippen LogP contribution in [0.2, 0.25) is 5.02 Å². The summed E-state index contributed by atoms with van der Waals surface area (Å²) >= 11 is 7.56. The molecule has 4 rings (SSSR count). The first-order valence-electron chi connectivity index (χ1n) is 8.76. The van der Waals surface area contributed by atoms with Crippen LogP contribution in [0.1, 0.15) is 45.0 Å². The number of aryl methyl sites for hydroxylation is 1. The van der Waals surface area contributed by atoms with Crippen LogP contribution >= 0.6 is 22.9 Å². The van der Waals surface area contributed by atoms with Gasteiger partial charge in [0.1, 0.15) is 22.6 Å². The van der Waals surface area contributed by atoms with Gasteiger partial charge >= 0.3 is 0 Å². The number of furan rings is 1. The molecule has 5 nitrogen and oxygen atoms in total. The minimum atomic E-state index is -1.32. The number of nitrogens with zero attached hydrogens (tertiary/aromatic N) is 2. The molecule has 1 aromatic carbocycles. The molecule has 7 heteroatoms. The van der Waals surface area contributed by atoms with Crippen molar-refractivity contribution in [2.45, 2.75) is 25.7 Å². The molecule has 0 atom stereocenters. The quantitative estimate of drug-likeness (QED) is 0.592. The zero-order valence-corrected chi connectivity index (χ0v) is 16.3. The van der Waals surface area contributed by atoms with E-state index >= 15 is 0 Å². The molecule has 0 saturated carbocycles. The summed E-state index contributed by atoms with van der Waals surface area (Å²) in [5, 5.41) is 21.3. The van der Waals surface area contributed by atoms with Crippen molar-refractivity contribution in [3.8, 4) is 17.4 Å². The predicted molar refractivity (Wildman–Crippen MR) is 106 cm³/mol. The van der Waals surface area contributed by atoms with Crippen molar-refractivity contribution >= 4 is 40.1 Å². The van der Waals surface area contributed by atoms with Crippen molar-refractivity contribution < 1.29 is 14.3 Å². The number of rotatable bonds is 4. The average molecular weight is 410 g/mol. The van der Waals surface area contributed by atoms with E-state index in [2.05, 4.69) is 11.1 Å². The van der Waals surface area contributed by atoms with Crippen LogP contribution in [0.5, 0.6) is 0 Å². The summed E-state index contributed by atoms with van der Waals surface area (Å²) in [5.41, 5.74) is 2.41. The van der Waals surface area contributed by atoms with Gasteiger partial charge in [-0.1, -0.05) is 23.7 Å². The molecule has 3 aromatic rings. The van der Waals surface area contributed by atoms with E-state index < -0.39 is 5.97 Å². The van der Waals surface area contributed by atoms with Crippen molar-refractivity contribution in [2.75, 3.05) is 0 Å². The number of benzene rings is 1. The molecule has 140 valence electrons.